The molecule has 3 rings (SSSR count). The molecule has 0 amide bonds. The first-order chi connectivity index (χ1) is 13.4. The molecule has 1 aromatic heterocycles. The molecule has 0 atom stereocenters. The molecule has 0 bridgehead atoms. The standard InChI is InChI=1S/C26H32O2S/c1-16-9-20(24(27)21(10-16)22-14-29-15-23(22)28-8)17-11-18(25(2,3)4)13-19(12-17)26(5,6)7/h9-15,27H,1-8H3. The lowest BCUT2D eigenvalue weighted by Gasteiger charge is -2.26. The molecule has 29 heavy (non-hydrogen) atoms. The first-order valence-corrected chi connectivity index (χ1v) is 11.0. The van der Waals surface area contributed by atoms with Gasteiger partial charge in [0, 0.05) is 27.5 Å². The monoisotopic (exact) mass is 408 g/mol. The van der Waals surface area contributed by atoms with Crippen LogP contribution in [0.1, 0.15) is 58.2 Å². The summed E-state index contributed by atoms with van der Waals surface area (Å²) in [4.78, 5) is 0. The minimum atomic E-state index is 0.0227. The van der Waals surface area contributed by atoms with Crippen molar-refractivity contribution in [2.75, 3.05) is 7.11 Å². The fraction of sp³-hybridized carbons (Fsp3) is 0.385. The number of hydrogen-bond acceptors (Lipinski definition) is 3. The molecular weight excluding hydrogens is 376 g/mol. The molecule has 0 saturated carbocycles. The molecule has 2 nitrogen and oxygen atoms in total. The van der Waals surface area contributed by atoms with Crippen LogP contribution in [-0.4, -0.2) is 12.2 Å². The third-order valence-electron chi connectivity index (χ3n) is 5.37. The molecule has 0 aliphatic heterocycles. The number of thiophene rings is 1. The van der Waals surface area contributed by atoms with Gasteiger partial charge >= 0.3 is 0 Å². The Kier molecular flexibility index (Phi) is 5.57. The summed E-state index contributed by atoms with van der Waals surface area (Å²) >= 11 is 1.58. The fourth-order valence-electron chi connectivity index (χ4n) is 3.49. The van der Waals surface area contributed by atoms with Gasteiger partial charge in [-0.2, -0.15) is 0 Å². The zero-order valence-electron chi connectivity index (χ0n) is 18.8. The van der Waals surface area contributed by atoms with Crippen LogP contribution in [-0.2, 0) is 10.8 Å². The van der Waals surface area contributed by atoms with Gasteiger partial charge in [0.25, 0.3) is 0 Å². The molecule has 3 heteroatoms. The number of hydrogen-bond donors (Lipinski definition) is 1. The number of methoxy groups -OCH3 is 1. The molecule has 0 fully saturated rings. The van der Waals surface area contributed by atoms with Gasteiger partial charge in [0.15, 0.2) is 0 Å². The topological polar surface area (TPSA) is 29.5 Å². The quantitative estimate of drug-likeness (QED) is 0.481. The van der Waals surface area contributed by atoms with Crippen LogP contribution in [0.15, 0.2) is 41.1 Å². The van der Waals surface area contributed by atoms with Crippen molar-refractivity contribution in [2.45, 2.75) is 59.3 Å². The number of phenols is 1. The maximum atomic E-state index is 11.3. The Morgan fingerprint density at radius 3 is 1.83 bits per heavy atom. The van der Waals surface area contributed by atoms with E-state index in [1.807, 2.05) is 16.8 Å². The minimum absolute atomic E-state index is 0.0227. The van der Waals surface area contributed by atoms with Gasteiger partial charge in [0.2, 0.25) is 0 Å². The second-order valence-corrected chi connectivity index (χ2v) is 10.6. The van der Waals surface area contributed by atoms with Crippen molar-refractivity contribution in [3.63, 3.8) is 0 Å². The van der Waals surface area contributed by atoms with Gasteiger partial charge in [-0.15, -0.1) is 11.3 Å². The molecule has 0 saturated heterocycles. The van der Waals surface area contributed by atoms with E-state index >= 15 is 0 Å². The van der Waals surface area contributed by atoms with E-state index in [0.717, 1.165) is 33.6 Å². The molecule has 0 unspecified atom stereocenters. The molecule has 0 spiro atoms. The lowest BCUT2D eigenvalue weighted by molar-refractivity contribution is 0.417. The van der Waals surface area contributed by atoms with Crippen molar-refractivity contribution in [1.82, 2.24) is 0 Å². The maximum absolute atomic E-state index is 11.3. The van der Waals surface area contributed by atoms with E-state index in [2.05, 4.69) is 72.7 Å². The van der Waals surface area contributed by atoms with Gasteiger partial charge in [-0.1, -0.05) is 59.7 Å². The number of aryl methyl sites for hydroxylation is 1. The van der Waals surface area contributed by atoms with E-state index in [4.69, 9.17) is 4.74 Å². The lowest BCUT2D eigenvalue weighted by Crippen LogP contribution is -2.16. The molecular formula is C26H32O2S. The summed E-state index contributed by atoms with van der Waals surface area (Å²) in [5.74, 6) is 1.10. The molecule has 1 heterocycles. The van der Waals surface area contributed by atoms with Gasteiger partial charge in [0.05, 0.1) is 7.11 Å². The number of benzene rings is 2. The summed E-state index contributed by atoms with van der Waals surface area (Å²) in [6.07, 6.45) is 0. The van der Waals surface area contributed by atoms with Crippen molar-refractivity contribution in [3.8, 4) is 33.8 Å². The van der Waals surface area contributed by atoms with Crippen molar-refractivity contribution in [1.29, 1.82) is 0 Å². The van der Waals surface area contributed by atoms with Gasteiger partial charge < -0.3 is 9.84 Å². The molecule has 3 aromatic rings. The van der Waals surface area contributed by atoms with E-state index < -0.39 is 0 Å². The SMILES string of the molecule is COc1cscc1-c1cc(C)cc(-c2cc(C(C)(C)C)cc(C(C)(C)C)c2)c1O. The Morgan fingerprint density at radius 2 is 1.31 bits per heavy atom. The molecule has 0 radical (unpaired) electrons. The second-order valence-electron chi connectivity index (χ2n) is 9.86. The highest BCUT2D eigenvalue weighted by molar-refractivity contribution is 7.08. The Morgan fingerprint density at radius 1 is 0.759 bits per heavy atom. The van der Waals surface area contributed by atoms with Crippen LogP contribution in [0.2, 0.25) is 0 Å². The van der Waals surface area contributed by atoms with E-state index in [-0.39, 0.29) is 10.8 Å². The highest BCUT2D eigenvalue weighted by Gasteiger charge is 2.23. The van der Waals surface area contributed by atoms with E-state index in [1.54, 1.807) is 18.4 Å². The first kappa shape index (κ1) is 21.4. The number of ether oxygens (including phenoxy) is 1. The van der Waals surface area contributed by atoms with Gasteiger partial charge in [-0.05, 0) is 52.1 Å². The highest BCUT2D eigenvalue weighted by atomic mass is 32.1. The normalized spacial score (nSPS) is 12.3. The van der Waals surface area contributed by atoms with Crippen LogP contribution in [0, 0.1) is 6.92 Å². The highest BCUT2D eigenvalue weighted by Crippen LogP contribution is 2.45. The maximum Gasteiger partial charge on any atom is 0.137 e. The Labute approximate surface area is 179 Å². The fourth-order valence-corrected chi connectivity index (χ4v) is 4.29. The molecule has 0 aliphatic rings. The average molecular weight is 409 g/mol. The van der Waals surface area contributed by atoms with Crippen molar-refractivity contribution in [3.05, 3.63) is 57.8 Å². The lowest BCUT2D eigenvalue weighted by atomic mass is 9.78. The average Bonchev–Trinajstić information content (AvgIpc) is 3.10. The summed E-state index contributed by atoms with van der Waals surface area (Å²) < 4.78 is 5.51. The molecule has 0 aliphatic carbocycles. The predicted molar refractivity (Wildman–Crippen MR) is 126 cm³/mol. The minimum Gasteiger partial charge on any atom is -0.507 e. The number of aromatic hydroxyl groups is 1. The van der Waals surface area contributed by atoms with Crippen molar-refractivity contribution in [2.24, 2.45) is 0 Å². The summed E-state index contributed by atoms with van der Waals surface area (Å²) in [6, 6.07) is 10.9. The summed E-state index contributed by atoms with van der Waals surface area (Å²) in [5, 5.41) is 15.3. The van der Waals surface area contributed by atoms with Crippen LogP contribution < -0.4 is 4.74 Å². The third-order valence-corrected chi connectivity index (χ3v) is 6.09. The van der Waals surface area contributed by atoms with Gasteiger partial charge in [-0.25, -0.2) is 0 Å². The number of phenolic OH excluding ortho intramolecular Hbond substituents is 1. The van der Waals surface area contributed by atoms with Gasteiger partial charge in [0.1, 0.15) is 11.5 Å². The molecule has 1 N–H and O–H groups in total. The number of rotatable bonds is 3. The van der Waals surface area contributed by atoms with E-state index in [9.17, 15) is 5.11 Å². The summed E-state index contributed by atoms with van der Waals surface area (Å²) in [5.41, 5.74) is 7.37. The Balaban J connectivity index is 2.29. The van der Waals surface area contributed by atoms with Crippen LogP contribution in [0.3, 0.4) is 0 Å². The first-order valence-electron chi connectivity index (χ1n) is 10.0. The zero-order chi connectivity index (χ0) is 21.6. The van der Waals surface area contributed by atoms with Crippen LogP contribution in [0.5, 0.6) is 11.5 Å². The predicted octanol–water partition coefficient (Wildman–Crippen LogP) is 7.70. The third kappa shape index (κ3) is 4.35. The van der Waals surface area contributed by atoms with Crippen molar-refractivity contribution < 1.29 is 9.84 Å². The van der Waals surface area contributed by atoms with Gasteiger partial charge in [-0.3, -0.25) is 0 Å². The van der Waals surface area contributed by atoms with E-state index in [1.165, 1.54) is 11.1 Å². The summed E-state index contributed by atoms with van der Waals surface area (Å²) in [6.45, 7) is 15.5. The van der Waals surface area contributed by atoms with Crippen LogP contribution >= 0.6 is 11.3 Å². The zero-order valence-corrected chi connectivity index (χ0v) is 19.6. The van der Waals surface area contributed by atoms with Crippen LogP contribution in [0.4, 0.5) is 0 Å². The molecule has 154 valence electrons. The summed E-state index contributed by atoms with van der Waals surface area (Å²) in [7, 11) is 1.67. The van der Waals surface area contributed by atoms with Crippen molar-refractivity contribution >= 4 is 11.3 Å². The Hall–Kier alpha value is -2.26. The molecule has 2 aromatic carbocycles. The Bertz CT molecular complexity index is 998. The smallest absolute Gasteiger partial charge is 0.137 e. The second kappa shape index (κ2) is 7.53. The largest absolute Gasteiger partial charge is 0.507 e. The van der Waals surface area contributed by atoms with E-state index in [0.29, 0.717) is 5.75 Å². The van der Waals surface area contributed by atoms with Crippen LogP contribution in [0.25, 0.3) is 22.3 Å².